The third kappa shape index (κ3) is 2.72. The maximum Gasteiger partial charge on any atom is 0.344 e. The molecule has 2 N–H and O–H groups in total. The zero-order chi connectivity index (χ0) is 11.4. The van der Waals surface area contributed by atoms with Crippen LogP contribution in [0.1, 0.15) is 13.0 Å². The lowest BCUT2D eigenvalue weighted by Gasteiger charge is -2.08. The normalized spacial score (nSPS) is 12.3. The molecule has 0 spiro atoms. The fourth-order valence-corrected chi connectivity index (χ4v) is 1.73. The standard InChI is InChI=1S/C8H11N3O3S/c1-3-5(2)11-7(14)9-10-8(11)15-4-6(12)13/h3,5H,1,4H2,2H3,(H,9,14)(H,12,13). The monoisotopic (exact) mass is 229 g/mol. The minimum atomic E-state index is -0.951. The molecule has 1 aromatic heterocycles. The van der Waals surface area contributed by atoms with Crippen LogP contribution in [0.3, 0.4) is 0 Å². The number of aliphatic carboxylic acids is 1. The molecule has 0 amide bonds. The Kier molecular flexibility index (Phi) is 3.73. The van der Waals surface area contributed by atoms with Gasteiger partial charge in [0.25, 0.3) is 0 Å². The Hall–Kier alpha value is -1.50. The quantitative estimate of drug-likeness (QED) is 0.567. The molecule has 0 aliphatic carbocycles. The molecule has 15 heavy (non-hydrogen) atoms. The molecule has 1 atom stereocenters. The van der Waals surface area contributed by atoms with Crippen LogP contribution < -0.4 is 5.69 Å². The van der Waals surface area contributed by atoms with Gasteiger partial charge in [0.15, 0.2) is 5.16 Å². The van der Waals surface area contributed by atoms with Gasteiger partial charge in [0.2, 0.25) is 0 Å². The number of hydrogen-bond acceptors (Lipinski definition) is 4. The predicted octanol–water partition coefficient (Wildman–Crippen LogP) is 0.495. The number of carboxylic acids is 1. The highest BCUT2D eigenvalue weighted by atomic mass is 32.2. The van der Waals surface area contributed by atoms with Crippen LogP contribution >= 0.6 is 11.8 Å². The van der Waals surface area contributed by atoms with Crippen LogP contribution in [-0.4, -0.2) is 31.6 Å². The van der Waals surface area contributed by atoms with Crippen LogP contribution in [0.25, 0.3) is 0 Å². The Bertz CT molecular complexity index is 423. The second-order valence-electron chi connectivity index (χ2n) is 2.84. The van der Waals surface area contributed by atoms with E-state index in [4.69, 9.17) is 5.11 Å². The summed E-state index contributed by atoms with van der Waals surface area (Å²) in [5.41, 5.74) is -0.365. The molecule has 7 heteroatoms. The molecule has 1 heterocycles. The van der Waals surface area contributed by atoms with Crippen molar-refractivity contribution < 1.29 is 9.90 Å². The van der Waals surface area contributed by atoms with E-state index in [9.17, 15) is 9.59 Å². The van der Waals surface area contributed by atoms with E-state index in [2.05, 4.69) is 16.8 Å². The average Bonchev–Trinajstić information content (AvgIpc) is 2.55. The number of H-pyrrole nitrogens is 1. The summed E-state index contributed by atoms with van der Waals surface area (Å²) < 4.78 is 1.36. The molecule has 1 rings (SSSR count). The Balaban J connectivity index is 2.93. The van der Waals surface area contributed by atoms with Crippen LogP contribution in [0.2, 0.25) is 0 Å². The maximum atomic E-state index is 11.3. The van der Waals surface area contributed by atoms with E-state index in [0.29, 0.717) is 5.16 Å². The second kappa shape index (κ2) is 4.83. The summed E-state index contributed by atoms with van der Waals surface area (Å²) in [6.07, 6.45) is 1.59. The number of carbonyl (C=O) groups is 1. The van der Waals surface area contributed by atoms with Crippen molar-refractivity contribution in [3.8, 4) is 0 Å². The largest absolute Gasteiger partial charge is 0.481 e. The summed E-state index contributed by atoms with van der Waals surface area (Å²) >= 11 is 0.993. The van der Waals surface area contributed by atoms with Crippen molar-refractivity contribution in [1.29, 1.82) is 0 Å². The molecule has 1 unspecified atom stereocenters. The summed E-state index contributed by atoms with van der Waals surface area (Å²) in [5.74, 6) is -1.08. The van der Waals surface area contributed by atoms with Crippen molar-refractivity contribution in [2.24, 2.45) is 0 Å². The number of rotatable bonds is 5. The molecular formula is C8H11N3O3S. The number of thioether (sulfide) groups is 1. The summed E-state index contributed by atoms with van der Waals surface area (Å²) in [4.78, 5) is 21.7. The van der Waals surface area contributed by atoms with E-state index in [-0.39, 0.29) is 17.5 Å². The number of carboxylic acid groups (broad SMARTS) is 1. The van der Waals surface area contributed by atoms with Gasteiger partial charge in [-0.1, -0.05) is 17.8 Å². The van der Waals surface area contributed by atoms with Gasteiger partial charge in [-0.2, -0.15) is 0 Å². The predicted molar refractivity (Wildman–Crippen MR) is 56.1 cm³/mol. The maximum absolute atomic E-state index is 11.3. The Morgan fingerprint density at radius 3 is 3.07 bits per heavy atom. The first kappa shape index (κ1) is 11.6. The molecule has 0 aromatic carbocycles. The lowest BCUT2D eigenvalue weighted by molar-refractivity contribution is -0.133. The van der Waals surface area contributed by atoms with Crippen molar-refractivity contribution in [2.45, 2.75) is 18.1 Å². The van der Waals surface area contributed by atoms with E-state index in [0.717, 1.165) is 11.8 Å². The van der Waals surface area contributed by atoms with Crippen molar-refractivity contribution in [1.82, 2.24) is 14.8 Å². The second-order valence-corrected chi connectivity index (χ2v) is 3.78. The molecule has 0 aliphatic rings. The molecule has 0 bridgehead atoms. The van der Waals surface area contributed by atoms with Crippen LogP contribution in [0.5, 0.6) is 0 Å². The third-order valence-corrected chi connectivity index (χ3v) is 2.68. The zero-order valence-electron chi connectivity index (χ0n) is 8.14. The van der Waals surface area contributed by atoms with E-state index in [1.807, 2.05) is 0 Å². The Labute approximate surface area is 90.0 Å². The minimum absolute atomic E-state index is 0.131. The number of nitrogens with one attached hydrogen (secondary N) is 1. The van der Waals surface area contributed by atoms with Crippen LogP contribution in [0, 0.1) is 0 Å². The van der Waals surface area contributed by atoms with Crippen molar-refractivity contribution in [3.05, 3.63) is 23.1 Å². The summed E-state index contributed by atoms with van der Waals surface area (Å²) in [5, 5.41) is 14.9. The number of allylic oxidation sites excluding steroid dienone is 1. The van der Waals surface area contributed by atoms with Gasteiger partial charge in [-0.25, -0.2) is 9.89 Å². The summed E-state index contributed by atoms with van der Waals surface area (Å²) in [6, 6.07) is -0.215. The van der Waals surface area contributed by atoms with E-state index in [1.165, 1.54) is 4.57 Å². The van der Waals surface area contributed by atoms with Crippen LogP contribution in [0.15, 0.2) is 22.6 Å². The van der Waals surface area contributed by atoms with Gasteiger partial charge >= 0.3 is 11.7 Å². The third-order valence-electron chi connectivity index (χ3n) is 1.75. The summed E-state index contributed by atoms with van der Waals surface area (Å²) in [6.45, 7) is 5.34. The Morgan fingerprint density at radius 2 is 2.53 bits per heavy atom. The minimum Gasteiger partial charge on any atom is -0.481 e. The van der Waals surface area contributed by atoms with E-state index >= 15 is 0 Å². The molecule has 0 aliphatic heterocycles. The van der Waals surface area contributed by atoms with Crippen LogP contribution in [0.4, 0.5) is 0 Å². The van der Waals surface area contributed by atoms with Gasteiger partial charge in [0, 0.05) is 0 Å². The van der Waals surface area contributed by atoms with Crippen molar-refractivity contribution >= 4 is 17.7 Å². The summed E-state index contributed by atoms with van der Waals surface area (Å²) in [7, 11) is 0. The first-order valence-electron chi connectivity index (χ1n) is 4.20. The highest BCUT2D eigenvalue weighted by Gasteiger charge is 2.13. The Morgan fingerprint density at radius 1 is 1.87 bits per heavy atom. The van der Waals surface area contributed by atoms with E-state index < -0.39 is 5.97 Å². The number of aromatic amines is 1. The van der Waals surface area contributed by atoms with Gasteiger partial charge in [-0.3, -0.25) is 9.36 Å². The topological polar surface area (TPSA) is 88.0 Å². The smallest absolute Gasteiger partial charge is 0.344 e. The van der Waals surface area contributed by atoms with Gasteiger partial charge in [0.05, 0.1) is 11.8 Å². The molecule has 82 valence electrons. The fourth-order valence-electron chi connectivity index (χ4n) is 0.983. The lowest BCUT2D eigenvalue weighted by Crippen LogP contribution is -2.20. The molecule has 1 aromatic rings. The number of aromatic nitrogens is 3. The van der Waals surface area contributed by atoms with Crippen LogP contribution in [-0.2, 0) is 4.79 Å². The average molecular weight is 229 g/mol. The lowest BCUT2D eigenvalue weighted by atomic mass is 10.3. The molecule has 6 nitrogen and oxygen atoms in total. The number of nitrogens with zero attached hydrogens (tertiary/aromatic N) is 2. The zero-order valence-corrected chi connectivity index (χ0v) is 8.95. The van der Waals surface area contributed by atoms with Gasteiger partial charge in [-0.15, -0.1) is 11.7 Å². The molecule has 0 saturated carbocycles. The van der Waals surface area contributed by atoms with Gasteiger partial charge < -0.3 is 5.11 Å². The van der Waals surface area contributed by atoms with Crippen molar-refractivity contribution in [3.63, 3.8) is 0 Å². The molecule has 0 radical (unpaired) electrons. The fraction of sp³-hybridized carbons (Fsp3) is 0.375. The van der Waals surface area contributed by atoms with Gasteiger partial charge in [0.1, 0.15) is 0 Å². The molecular weight excluding hydrogens is 218 g/mol. The van der Waals surface area contributed by atoms with E-state index in [1.54, 1.807) is 13.0 Å². The first-order chi connectivity index (χ1) is 7.06. The van der Waals surface area contributed by atoms with Crippen molar-refractivity contribution in [2.75, 3.05) is 5.75 Å². The first-order valence-corrected chi connectivity index (χ1v) is 5.19. The molecule has 0 fully saturated rings. The highest BCUT2D eigenvalue weighted by Crippen LogP contribution is 2.16. The SMILES string of the molecule is C=CC(C)n1c(SCC(=O)O)n[nH]c1=O. The number of hydrogen-bond donors (Lipinski definition) is 2. The molecule has 0 saturated heterocycles. The van der Waals surface area contributed by atoms with Gasteiger partial charge in [-0.05, 0) is 6.92 Å². The highest BCUT2D eigenvalue weighted by molar-refractivity contribution is 7.99.